The molecule has 33 heavy (non-hydrogen) atoms. The molecule has 0 N–H and O–H groups in total. The fourth-order valence-corrected chi connectivity index (χ4v) is 7.87. The predicted molar refractivity (Wildman–Crippen MR) is 123 cm³/mol. The van der Waals surface area contributed by atoms with Crippen LogP contribution in [0.4, 0.5) is 5.69 Å². The summed E-state index contributed by atoms with van der Waals surface area (Å²) in [6.45, 7) is 3.46. The second kappa shape index (κ2) is 8.60. The molecule has 2 fully saturated rings. The lowest BCUT2D eigenvalue weighted by Crippen LogP contribution is -2.25. The Labute approximate surface area is 193 Å². The summed E-state index contributed by atoms with van der Waals surface area (Å²) in [5.41, 5.74) is 2.37. The van der Waals surface area contributed by atoms with Crippen LogP contribution in [0, 0.1) is 13.8 Å². The van der Waals surface area contributed by atoms with Crippen molar-refractivity contribution in [3.63, 3.8) is 0 Å². The van der Waals surface area contributed by atoms with Crippen molar-refractivity contribution in [3.05, 3.63) is 52.8 Å². The number of nitrogens with zero attached hydrogens (tertiary/aromatic N) is 2. The summed E-state index contributed by atoms with van der Waals surface area (Å²) < 4.78 is 56.4. The van der Waals surface area contributed by atoms with Gasteiger partial charge in [0.2, 0.25) is 15.8 Å². The predicted octanol–water partition coefficient (Wildman–Crippen LogP) is 2.04. The molecule has 11 heteroatoms. The SMILES string of the molecule is Cc1cc(C(=O)COC(=O)c2cccc(N3CCCS3(=O)=O)c2)c(C)n1C1CCS(=O)(=O)C1. The van der Waals surface area contributed by atoms with Crippen LogP contribution in [0.3, 0.4) is 0 Å². The topological polar surface area (TPSA) is 120 Å². The Hall–Kier alpha value is -2.66. The molecule has 0 radical (unpaired) electrons. The van der Waals surface area contributed by atoms with Gasteiger partial charge in [-0.25, -0.2) is 21.6 Å². The van der Waals surface area contributed by atoms with Gasteiger partial charge in [-0.05, 0) is 51.0 Å². The van der Waals surface area contributed by atoms with Crippen LogP contribution in [0.15, 0.2) is 30.3 Å². The Morgan fingerprint density at radius 1 is 1.09 bits per heavy atom. The second-order valence-electron chi connectivity index (χ2n) is 8.50. The largest absolute Gasteiger partial charge is 0.454 e. The number of sulfonamides is 1. The molecule has 9 nitrogen and oxygen atoms in total. The first-order chi connectivity index (χ1) is 15.5. The minimum atomic E-state index is -3.38. The van der Waals surface area contributed by atoms with Crippen molar-refractivity contribution in [1.82, 2.24) is 4.57 Å². The van der Waals surface area contributed by atoms with Crippen molar-refractivity contribution in [2.24, 2.45) is 0 Å². The van der Waals surface area contributed by atoms with Crippen LogP contribution in [0.1, 0.15) is 51.0 Å². The number of hydrogen-bond donors (Lipinski definition) is 0. The molecule has 1 unspecified atom stereocenters. The average Bonchev–Trinajstić information content (AvgIpc) is 3.39. The van der Waals surface area contributed by atoms with Crippen LogP contribution in [-0.2, 0) is 24.6 Å². The Bertz CT molecular complexity index is 1330. The summed E-state index contributed by atoms with van der Waals surface area (Å²) in [7, 11) is -6.45. The first kappa shape index (κ1) is 23.5. The zero-order chi connectivity index (χ0) is 24.0. The van der Waals surface area contributed by atoms with Crippen LogP contribution >= 0.6 is 0 Å². The van der Waals surface area contributed by atoms with E-state index in [9.17, 15) is 26.4 Å². The van der Waals surface area contributed by atoms with Gasteiger partial charge in [-0.1, -0.05) is 6.07 Å². The molecular formula is C22H26N2O7S2. The summed E-state index contributed by atoms with van der Waals surface area (Å²) in [5, 5.41) is 0. The first-order valence-electron chi connectivity index (χ1n) is 10.7. The molecule has 0 bridgehead atoms. The van der Waals surface area contributed by atoms with Crippen molar-refractivity contribution >= 4 is 37.3 Å². The molecule has 0 spiro atoms. The molecule has 2 saturated heterocycles. The quantitative estimate of drug-likeness (QED) is 0.445. The van der Waals surface area contributed by atoms with Gasteiger partial charge in [0.05, 0.1) is 28.5 Å². The van der Waals surface area contributed by atoms with E-state index < -0.39 is 32.4 Å². The summed E-state index contributed by atoms with van der Waals surface area (Å²) >= 11 is 0. The molecular weight excluding hydrogens is 468 g/mol. The van der Waals surface area contributed by atoms with Crippen LogP contribution < -0.4 is 4.31 Å². The lowest BCUT2D eigenvalue weighted by molar-refractivity contribution is 0.0474. The van der Waals surface area contributed by atoms with Gasteiger partial charge in [0.25, 0.3) is 0 Å². The van der Waals surface area contributed by atoms with Gasteiger partial charge >= 0.3 is 5.97 Å². The number of benzene rings is 1. The highest BCUT2D eigenvalue weighted by molar-refractivity contribution is 7.93. The summed E-state index contributed by atoms with van der Waals surface area (Å²) in [5.74, 6) is -0.858. The number of rotatable bonds is 6. The summed E-state index contributed by atoms with van der Waals surface area (Å²) in [4.78, 5) is 25.3. The third kappa shape index (κ3) is 4.70. The van der Waals surface area contributed by atoms with Crippen molar-refractivity contribution in [2.45, 2.75) is 32.7 Å². The minimum Gasteiger partial charge on any atom is -0.454 e. The highest BCUT2D eigenvalue weighted by Crippen LogP contribution is 2.29. The van der Waals surface area contributed by atoms with Crippen LogP contribution in [0.5, 0.6) is 0 Å². The molecule has 3 heterocycles. The van der Waals surface area contributed by atoms with Gasteiger partial charge in [0, 0.05) is 29.5 Å². The minimum absolute atomic E-state index is 0.0506. The molecule has 2 aromatic rings. The van der Waals surface area contributed by atoms with E-state index >= 15 is 0 Å². The molecule has 1 atom stereocenters. The number of carbonyl (C=O) groups excluding carboxylic acids is 2. The Kier molecular flexibility index (Phi) is 6.12. The Morgan fingerprint density at radius 3 is 2.48 bits per heavy atom. The van der Waals surface area contributed by atoms with Crippen LogP contribution in [0.2, 0.25) is 0 Å². The molecule has 4 rings (SSSR count). The molecule has 1 aromatic carbocycles. The normalized spacial score (nSPS) is 21.3. The molecule has 178 valence electrons. The zero-order valence-electron chi connectivity index (χ0n) is 18.5. The van der Waals surface area contributed by atoms with E-state index in [1.54, 1.807) is 25.1 Å². The Morgan fingerprint density at radius 2 is 1.85 bits per heavy atom. The third-order valence-electron chi connectivity index (χ3n) is 6.16. The number of anilines is 1. The Balaban J connectivity index is 1.45. The number of sulfone groups is 1. The van der Waals surface area contributed by atoms with Gasteiger partial charge in [-0.15, -0.1) is 0 Å². The molecule has 0 saturated carbocycles. The molecule has 0 aliphatic carbocycles. The first-order valence-corrected chi connectivity index (χ1v) is 14.1. The highest BCUT2D eigenvalue weighted by Gasteiger charge is 2.32. The average molecular weight is 495 g/mol. The molecule has 1 aromatic heterocycles. The number of carbonyl (C=O) groups is 2. The highest BCUT2D eigenvalue weighted by atomic mass is 32.2. The van der Waals surface area contributed by atoms with Crippen LogP contribution in [-0.4, -0.2) is 63.6 Å². The number of aromatic nitrogens is 1. The third-order valence-corrected chi connectivity index (χ3v) is 9.78. The maximum atomic E-state index is 12.8. The van der Waals surface area contributed by atoms with Gasteiger partial charge < -0.3 is 9.30 Å². The fourth-order valence-electron chi connectivity index (χ4n) is 4.61. The second-order valence-corrected chi connectivity index (χ2v) is 12.7. The van der Waals surface area contributed by atoms with Crippen molar-refractivity contribution in [1.29, 1.82) is 0 Å². The lowest BCUT2D eigenvalue weighted by Gasteiger charge is -2.17. The molecule has 0 amide bonds. The maximum Gasteiger partial charge on any atom is 0.338 e. The van der Waals surface area contributed by atoms with Crippen molar-refractivity contribution in [3.8, 4) is 0 Å². The number of hydrogen-bond acceptors (Lipinski definition) is 7. The van der Waals surface area contributed by atoms with Crippen molar-refractivity contribution in [2.75, 3.05) is 34.7 Å². The molecule has 2 aliphatic heterocycles. The van der Waals surface area contributed by atoms with Gasteiger partial charge in [-0.2, -0.15) is 0 Å². The molecule has 2 aliphatic rings. The van der Waals surface area contributed by atoms with Crippen molar-refractivity contribution < 1.29 is 31.2 Å². The van der Waals surface area contributed by atoms with Crippen LogP contribution in [0.25, 0.3) is 0 Å². The van der Waals surface area contributed by atoms with E-state index in [4.69, 9.17) is 4.74 Å². The number of aryl methyl sites for hydroxylation is 1. The van der Waals surface area contributed by atoms with E-state index in [0.29, 0.717) is 36.3 Å². The lowest BCUT2D eigenvalue weighted by atomic mass is 10.1. The van der Waals surface area contributed by atoms with E-state index in [1.807, 2.05) is 11.5 Å². The van der Waals surface area contributed by atoms with Gasteiger partial charge in [0.1, 0.15) is 0 Å². The standard InChI is InChI=1S/C22H26N2O7S2/c1-15-11-20(16(2)24(15)19-7-10-32(27,28)14-19)21(25)13-31-22(26)17-5-3-6-18(12-17)23-8-4-9-33(23,29)30/h3,5-6,11-12,19H,4,7-10,13-14H2,1-2H3. The zero-order valence-corrected chi connectivity index (χ0v) is 20.1. The van der Waals surface area contributed by atoms with Gasteiger partial charge in [-0.3, -0.25) is 9.10 Å². The van der Waals surface area contributed by atoms with E-state index in [1.165, 1.54) is 16.4 Å². The van der Waals surface area contributed by atoms with E-state index in [-0.39, 0.29) is 34.6 Å². The number of esters is 1. The maximum absolute atomic E-state index is 12.8. The number of ketones is 1. The fraction of sp³-hybridized carbons (Fsp3) is 0.455. The van der Waals surface area contributed by atoms with E-state index in [2.05, 4.69) is 0 Å². The van der Waals surface area contributed by atoms with E-state index in [0.717, 1.165) is 5.69 Å². The monoisotopic (exact) mass is 494 g/mol. The summed E-state index contributed by atoms with van der Waals surface area (Å²) in [6.07, 6.45) is 1.03. The summed E-state index contributed by atoms with van der Waals surface area (Å²) in [6, 6.07) is 7.62. The van der Waals surface area contributed by atoms with Gasteiger partial charge in [0.15, 0.2) is 16.4 Å². The number of Topliss-reactive ketones (excluding diaryl/α,β-unsaturated/α-hetero) is 1. The number of ether oxygens (including phenoxy) is 1. The smallest absolute Gasteiger partial charge is 0.338 e.